The first-order valence-corrected chi connectivity index (χ1v) is 8.28. The molecule has 24 heavy (non-hydrogen) atoms. The molecule has 0 aliphatic rings. The maximum Gasteiger partial charge on any atom is 0.415 e. The summed E-state index contributed by atoms with van der Waals surface area (Å²) in [4.78, 5) is 13.9. The quantitative estimate of drug-likeness (QED) is 0.649. The number of carbonyl (C=O) groups is 1. The van der Waals surface area contributed by atoms with Gasteiger partial charge in [0, 0.05) is 13.1 Å². The summed E-state index contributed by atoms with van der Waals surface area (Å²) in [6, 6.07) is 22.2. The van der Waals surface area contributed by atoms with Crippen molar-refractivity contribution >= 4 is 16.9 Å². The highest BCUT2D eigenvalue weighted by molar-refractivity contribution is 5.98. The summed E-state index contributed by atoms with van der Waals surface area (Å²) in [6.45, 7) is 5.16. The Morgan fingerprint density at radius 3 is 2.29 bits per heavy atom. The molecule has 0 aliphatic heterocycles. The van der Waals surface area contributed by atoms with E-state index >= 15 is 0 Å². The molecule has 0 saturated carbocycles. The molecule has 3 rings (SSSR count). The third-order valence-electron chi connectivity index (χ3n) is 4.15. The third-order valence-corrected chi connectivity index (χ3v) is 4.15. The van der Waals surface area contributed by atoms with Crippen LogP contribution in [0.5, 0.6) is 5.75 Å². The minimum atomic E-state index is -0.311. The number of nitrogens with zero attached hydrogens (tertiary/aromatic N) is 1. The van der Waals surface area contributed by atoms with Gasteiger partial charge in [0.25, 0.3) is 0 Å². The Morgan fingerprint density at radius 1 is 0.917 bits per heavy atom. The number of fused-ring (bicyclic) bond motifs is 1. The largest absolute Gasteiger partial charge is 0.415 e. The molecule has 3 aromatic carbocycles. The fourth-order valence-electron chi connectivity index (χ4n) is 2.85. The highest BCUT2D eigenvalue weighted by atomic mass is 16.6. The molecule has 0 fully saturated rings. The Bertz CT molecular complexity index is 839. The van der Waals surface area contributed by atoms with Crippen LogP contribution >= 0.6 is 0 Å². The predicted molar refractivity (Wildman–Crippen MR) is 98.3 cm³/mol. The van der Waals surface area contributed by atoms with Crippen LogP contribution in [0.1, 0.15) is 13.8 Å². The fraction of sp³-hybridized carbons (Fsp3) is 0.190. The molecule has 3 heteroatoms. The topological polar surface area (TPSA) is 29.5 Å². The van der Waals surface area contributed by atoms with Gasteiger partial charge in [-0.05, 0) is 47.9 Å². The van der Waals surface area contributed by atoms with E-state index in [0.717, 1.165) is 21.9 Å². The number of carbonyl (C=O) groups excluding carboxylic acids is 1. The van der Waals surface area contributed by atoms with Crippen molar-refractivity contribution in [2.45, 2.75) is 13.8 Å². The minimum Gasteiger partial charge on any atom is -0.410 e. The van der Waals surface area contributed by atoms with Crippen molar-refractivity contribution in [3.05, 3.63) is 66.7 Å². The summed E-state index contributed by atoms with van der Waals surface area (Å²) in [7, 11) is 0. The van der Waals surface area contributed by atoms with Gasteiger partial charge in [0.2, 0.25) is 0 Å². The number of benzene rings is 3. The lowest BCUT2D eigenvalue weighted by atomic mass is 9.98. The second-order valence-corrected chi connectivity index (χ2v) is 5.60. The van der Waals surface area contributed by atoms with Crippen LogP contribution in [0.25, 0.3) is 21.9 Å². The molecule has 3 aromatic rings. The molecule has 1 amide bonds. The van der Waals surface area contributed by atoms with Crippen LogP contribution in [0.15, 0.2) is 66.7 Å². The molecule has 0 heterocycles. The maximum absolute atomic E-state index is 12.3. The van der Waals surface area contributed by atoms with Crippen LogP contribution in [-0.4, -0.2) is 24.1 Å². The fourth-order valence-corrected chi connectivity index (χ4v) is 2.85. The Labute approximate surface area is 142 Å². The van der Waals surface area contributed by atoms with E-state index in [1.54, 1.807) is 4.90 Å². The number of amides is 1. The van der Waals surface area contributed by atoms with E-state index in [-0.39, 0.29) is 6.09 Å². The molecule has 0 spiro atoms. The molecule has 3 nitrogen and oxygen atoms in total. The van der Waals surface area contributed by atoms with E-state index in [1.807, 2.05) is 62.4 Å². The van der Waals surface area contributed by atoms with Gasteiger partial charge < -0.3 is 9.64 Å². The van der Waals surface area contributed by atoms with Gasteiger partial charge in [-0.1, -0.05) is 54.6 Å². The summed E-state index contributed by atoms with van der Waals surface area (Å²) in [6.07, 6.45) is -0.311. The molecule has 0 atom stereocenters. The second-order valence-electron chi connectivity index (χ2n) is 5.60. The first-order valence-electron chi connectivity index (χ1n) is 8.28. The molecule has 0 unspecified atom stereocenters. The number of rotatable bonds is 4. The van der Waals surface area contributed by atoms with Gasteiger partial charge in [0.05, 0.1) is 0 Å². The van der Waals surface area contributed by atoms with Crippen molar-refractivity contribution in [3.63, 3.8) is 0 Å². The minimum absolute atomic E-state index is 0.311. The predicted octanol–water partition coefficient (Wildman–Crippen LogP) is 5.35. The molecule has 0 aliphatic carbocycles. The zero-order chi connectivity index (χ0) is 16.9. The monoisotopic (exact) mass is 319 g/mol. The van der Waals surface area contributed by atoms with Crippen molar-refractivity contribution in [2.24, 2.45) is 0 Å². The van der Waals surface area contributed by atoms with E-state index in [0.29, 0.717) is 18.8 Å². The Balaban J connectivity index is 2.06. The number of hydrogen-bond acceptors (Lipinski definition) is 2. The summed E-state index contributed by atoms with van der Waals surface area (Å²) < 4.78 is 5.62. The molecule has 0 saturated heterocycles. The lowest BCUT2D eigenvalue weighted by Crippen LogP contribution is -2.33. The van der Waals surface area contributed by atoms with Gasteiger partial charge in [-0.25, -0.2) is 4.79 Å². The standard InChI is InChI=1S/C21H21NO2/c1-3-22(4-2)21(23)24-18-14-17-12-8-9-13-19(17)20(15-18)16-10-6-5-7-11-16/h5-15H,3-4H2,1-2H3. The van der Waals surface area contributed by atoms with Gasteiger partial charge >= 0.3 is 6.09 Å². The van der Waals surface area contributed by atoms with E-state index in [4.69, 9.17) is 4.74 Å². The van der Waals surface area contributed by atoms with Crippen molar-refractivity contribution < 1.29 is 9.53 Å². The van der Waals surface area contributed by atoms with Crippen LogP contribution < -0.4 is 4.74 Å². The highest BCUT2D eigenvalue weighted by Crippen LogP contribution is 2.33. The maximum atomic E-state index is 12.3. The van der Waals surface area contributed by atoms with Crippen molar-refractivity contribution in [2.75, 3.05) is 13.1 Å². The van der Waals surface area contributed by atoms with Crippen LogP contribution in [-0.2, 0) is 0 Å². The smallest absolute Gasteiger partial charge is 0.410 e. The Morgan fingerprint density at radius 2 is 1.58 bits per heavy atom. The molecule has 122 valence electrons. The first kappa shape index (κ1) is 16.1. The van der Waals surface area contributed by atoms with Gasteiger partial charge in [-0.15, -0.1) is 0 Å². The highest BCUT2D eigenvalue weighted by Gasteiger charge is 2.14. The lowest BCUT2D eigenvalue weighted by molar-refractivity contribution is 0.157. The van der Waals surface area contributed by atoms with Gasteiger partial charge in [0.1, 0.15) is 5.75 Å². The van der Waals surface area contributed by atoms with Crippen LogP contribution in [0.2, 0.25) is 0 Å². The van der Waals surface area contributed by atoms with Crippen LogP contribution in [0.4, 0.5) is 4.79 Å². The summed E-state index contributed by atoms with van der Waals surface area (Å²) in [5.41, 5.74) is 2.17. The second kappa shape index (κ2) is 7.18. The summed E-state index contributed by atoms with van der Waals surface area (Å²) in [5, 5.41) is 2.20. The average Bonchev–Trinajstić information content (AvgIpc) is 2.63. The zero-order valence-corrected chi connectivity index (χ0v) is 14.0. The molecular formula is C21H21NO2. The van der Waals surface area contributed by atoms with Crippen LogP contribution in [0.3, 0.4) is 0 Å². The SMILES string of the molecule is CCN(CC)C(=O)Oc1cc(-c2ccccc2)c2ccccc2c1. The van der Waals surface area contributed by atoms with Crippen molar-refractivity contribution in [1.82, 2.24) is 4.90 Å². The van der Waals surface area contributed by atoms with Crippen LogP contribution in [0, 0.1) is 0 Å². The molecule has 0 aromatic heterocycles. The van der Waals surface area contributed by atoms with E-state index in [9.17, 15) is 4.79 Å². The van der Waals surface area contributed by atoms with E-state index in [2.05, 4.69) is 18.2 Å². The lowest BCUT2D eigenvalue weighted by Gasteiger charge is -2.18. The molecule has 0 radical (unpaired) electrons. The average molecular weight is 319 g/mol. The van der Waals surface area contributed by atoms with E-state index < -0.39 is 0 Å². The van der Waals surface area contributed by atoms with E-state index in [1.165, 1.54) is 0 Å². The van der Waals surface area contributed by atoms with Crippen molar-refractivity contribution in [3.8, 4) is 16.9 Å². The van der Waals surface area contributed by atoms with Crippen molar-refractivity contribution in [1.29, 1.82) is 0 Å². The molecule has 0 N–H and O–H groups in total. The number of ether oxygens (including phenoxy) is 1. The zero-order valence-electron chi connectivity index (χ0n) is 14.0. The molecular weight excluding hydrogens is 298 g/mol. The van der Waals surface area contributed by atoms with Gasteiger partial charge in [-0.3, -0.25) is 0 Å². The van der Waals surface area contributed by atoms with Gasteiger partial charge in [-0.2, -0.15) is 0 Å². The third kappa shape index (κ3) is 3.25. The summed E-state index contributed by atoms with van der Waals surface area (Å²) >= 11 is 0. The first-order chi connectivity index (χ1) is 11.7. The Kier molecular flexibility index (Phi) is 4.80. The number of hydrogen-bond donors (Lipinski definition) is 0. The van der Waals surface area contributed by atoms with Gasteiger partial charge in [0.15, 0.2) is 0 Å². The normalized spacial score (nSPS) is 10.6. The summed E-state index contributed by atoms with van der Waals surface area (Å²) in [5.74, 6) is 0.574. The Hall–Kier alpha value is -2.81. The molecule has 0 bridgehead atoms.